The SMILES string of the molecule is CNC(=O)c1cc(-c2cc([C@H]3CNC[C@H](CO)N3C(C)=O)cc(Cl)n2)ncn1. The molecule has 3 rings (SSSR count). The van der Waals surface area contributed by atoms with Crippen LogP contribution in [0.2, 0.25) is 5.15 Å². The van der Waals surface area contributed by atoms with Crippen molar-refractivity contribution in [3.05, 3.63) is 40.9 Å². The highest BCUT2D eigenvalue weighted by Crippen LogP contribution is 2.30. The highest BCUT2D eigenvalue weighted by Gasteiger charge is 2.33. The molecule has 2 amide bonds. The Morgan fingerprint density at radius 2 is 2.07 bits per heavy atom. The fourth-order valence-corrected chi connectivity index (χ4v) is 3.55. The minimum atomic E-state index is -0.337. The number of rotatable bonds is 4. The molecule has 1 aliphatic heterocycles. The normalized spacial score (nSPS) is 19.4. The standard InChI is InChI=1S/C18H21ClN6O3/c1-10(27)25-12(8-26)6-21-7-16(25)11-3-14(24-17(19)4-11)13-5-15(18(28)20-2)23-9-22-13/h3-5,9,12,16,21,26H,6-8H2,1-2H3,(H,20,28)/t12-,16-/m1/s1. The molecule has 0 saturated carbocycles. The van der Waals surface area contributed by atoms with Crippen LogP contribution < -0.4 is 10.6 Å². The first kappa shape index (κ1) is 20.1. The van der Waals surface area contributed by atoms with Crippen LogP contribution in [0.4, 0.5) is 0 Å². The Kier molecular flexibility index (Phi) is 6.18. The summed E-state index contributed by atoms with van der Waals surface area (Å²) in [4.78, 5) is 38.2. The molecule has 3 N–H and O–H groups in total. The zero-order valence-corrected chi connectivity index (χ0v) is 16.3. The van der Waals surface area contributed by atoms with E-state index >= 15 is 0 Å². The molecule has 9 nitrogen and oxygen atoms in total. The Morgan fingerprint density at radius 1 is 1.29 bits per heavy atom. The van der Waals surface area contributed by atoms with Gasteiger partial charge >= 0.3 is 0 Å². The number of aliphatic hydroxyl groups excluding tert-OH is 1. The molecule has 1 fully saturated rings. The number of amides is 2. The third kappa shape index (κ3) is 4.11. The molecular weight excluding hydrogens is 384 g/mol. The lowest BCUT2D eigenvalue weighted by Crippen LogP contribution is -2.56. The van der Waals surface area contributed by atoms with Crippen LogP contribution in [0.25, 0.3) is 11.4 Å². The number of hydrogen-bond donors (Lipinski definition) is 3. The van der Waals surface area contributed by atoms with E-state index in [2.05, 4.69) is 25.6 Å². The number of aliphatic hydroxyl groups is 1. The largest absolute Gasteiger partial charge is 0.394 e. The fourth-order valence-electron chi connectivity index (χ4n) is 3.34. The summed E-state index contributed by atoms with van der Waals surface area (Å²) < 4.78 is 0. The molecule has 0 spiro atoms. The zero-order chi connectivity index (χ0) is 20.3. The molecule has 2 aromatic rings. The Balaban J connectivity index is 2.02. The van der Waals surface area contributed by atoms with Crippen LogP contribution in [0.5, 0.6) is 0 Å². The lowest BCUT2D eigenvalue weighted by molar-refractivity contribution is -0.136. The van der Waals surface area contributed by atoms with Crippen molar-refractivity contribution in [1.29, 1.82) is 0 Å². The van der Waals surface area contributed by atoms with Gasteiger partial charge in [-0.05, 0) is 23.8 Å². The quantitative estimate of drug-likeness (QED) is 0.631. The second kappa shape index (κ2) is 8.59. The van der Waals surface area contributed by atoms with E-state index in [0.717, 1.165) is 5.56 Å². The molecule has 2 aromatic heterocycles. The molecule has 2 atom stereocenters. The van der Waals surface area contributed by atoms with E-state index in [1.165, 1.54) is 26.4 Å². The van der Waals surface area contributed by atoms with Gasteiger partial charge in [-0.3, -0.25) is 9.59 Å². The number of halogens is 1. The number of aromatic nitrogens is 3. The van der Waals surface area contributed by atoms with Gasteiger partial charge in [-0.25, -0.2) is 15.0 Å². The van der Waals surface area contributed by atoms with Crippen molar-refractivity contribution < 1.29 is 14.7 Å². The Morgan fingerprint density at radius 3 is 2.75 bits per heavy atom. The van der Waals surface area contributed by atoms with Crippen molar-refractivity contribution in [3.63, 3.8) is 0 Å². The molecule has 1 aliphatic rings. The van der Waals surface area contributed by atoms with Gasteiger partial charge in [0.05, 0.1) is 30.1 Å². The van der Waals surface area contributed by atoms with E-state index < -0.39 is 0 Å². The van der Waals surface area contributed by atoms with Crippen LogP contribution in [0.15, 0.2) is 24.5 Å². The Labute approximate surface area is 167 Å². The maximum absolute atomic E-state index is 12.2. The molecule has 0 radical (unpaired) electrons. The molecule has 148 valence electrons. The first-order valence-corrected chi connectivity index (χ1v) is 9.14. The fraction of sp³-hybridized carbons (Fsp3) is 0.389. The predicted molar refractivity (Wildman–Crippen MR) is 103 cm³/mol. The third-order valence-electron chi connectivity index (χ3n) is 4.61. The minimum Gasteiger partial charge on any atom is -0.394 e. The van der Waals surface area contributed by atoms with Crippen molar-refractivity contribution in [1.82, 2.24) is 30.5 Å². The van der Waals surface area contributed by atoms with Gasteiger partial charge in [0, 0.05) is 27.1 Å². The summed E-state index contributed by atoms with van der Waals surface area (Å²) >= 11 is 6.24. The van der Waals surface area contributed by atoms with Crippen molar-refractivity contribution >= 4 is 23.4 Å². The van der Waals surface area contributed by atoms with Crippen molar-refractivity contribution in [2.45, 2.75) is 19.0 Å². The number of carbonyl (C=O) groups excluding carboxylic acids is 2. The topological polar surface area (TPSA) is 120 Å². The van der Waals surface area contributed by atoms with Crippen LogP contribution in [0.1, 0.15) is 29.0 Å². The van der Waals surface area contributed by atoms with Crippen LogP contribution in [0.3, 0.4) is 0 Å². The summed E-state index contributed by atoms with van der Waals surface area (Å²) in [6, 6.07) is 4.35. The molecule has 0 aliphatic carbocycles. The van der Waals surface area contributed by atoms with Crippen LogP contribution >= 0.6 is 11.6 Å². The van der Waals surface area contributed by atoms with Gasteiger partial charge in [-0.15, -0.1) is 0 Å². The van der Waals surface area contributed by atoms with E-state index in [4.69, 9.17) is 11.6 Å². The lowest BCUT2D eigenvalue weighted by atomic mass is 9.99. The molecule has 28 heavy (non-hydrogen) atoms. The number of nitrogens with zero attached hydrogens (tertiary/aromatic N) is 4. The first-order chi connectivity index (χ1) is 13.4. The molecule has 1 saturated heterocycles. The molecular formula is C18H21ClN6O3. The lowest BCUT2D eigenvalue weighted by Gasteiger charge is -2.41. The van der Waals surface area contributed by atoms with Crippen LogP contribution in [-0.2, 0) is 4.79 Å². The highest BCUT2D eigenvalue weighted by atomic mass is 35.5. The van der Waals surface area contributed by atoms with E-state index in [1.54, 1.807) is 17.0 Å². The average Bonchev–Trinajstić information content (AvgIpc) is 2.72. The van der Waals surface area contributed by atoms with E-state index in [1.807, 2.05) is 0 Å². The third-order valence-corrected chi connectivity index (χ3v) is 4.81. The van der Waals surface area contributed by atoms with Crippen molar-refractivity contribution in [3.8, 4) is 11.4 Å². The van der Waals surface area contributed by atoms with Gasteiger partial charge in [0.1, 0.15) is 17.2 Å². The number of piperazine rings is 1. The van der Waals surface area contributed by atoms with Gasteiger partial charge in [0.25, 0.3) is 5.91 Å². The van der Waals surface area contributed by atoms with Gasteiger partial charge in [-0.2, -0.15) is 0 Å². The molecule has 3 heterocycles. The van der Waals surface area contributed by atoms with Crippen molar-refractivity contribution in [2.75, 3.05) is 26.7 Å². The maximum Gasteiger partial charge on any atom is 0.269 e. The molecule has 0 aromatic carbocycles. The minimum absolute atomic E-state index is 0.135. The highest BCUT2D eigenvalue weighted by molar-refractivity contribution is 6.29. The van der Waals surface area contributed by atoms with Gasteiger partial charge in [0.15, 0.2) is 0 Å². The van der Waals surface area contributed by atoms with Gasteiger partial charge < -0.3 is 20.6 Å². The second-order valence-corrected chi connectivity index (χ2v) is 6.80. The summed E-state index contributed by atoms with van der Waals surface area (Å²) in [5.74, 6) is -0.472. The molecule has 0 bridgehead atoms. The maximum atomic E-state index is 12.2. The summed E-state index contributed by atoms with van der Waals surface area (Å²) in [6.07, 6.45) is 1.29. The Hall–Kier alpha value is -2.62. The van der Waals surface area contributed by atoms with E-state index in [9.17, 15) is 14.7 Å². The van der Waals surface area contributed by atoms with E-state index in [-0.39, 0.29) is 41.4 Å². The molecule has 0 unspecified atom stereocenters. The van der Waals surface area contributed by atoms with Gasteiger partial charge in [-0.1, -0.05) is 11.6 Å². The van der Waals surface area contributed by atoms with Gasteiger partial charge in [0.2, 0.25) is 5.91 Å². The average molecular weight is 405 g/mol. The summed E-state index contributed by atoms with van der Waals surface area (Å²) in [5, 5.41) is 15.6. The summed E-state index contributed by atoms with van der Waals surface area (Å²) in [7, 11) is 1.52. The number of nitrogens with one attached hydrogen (secondary N) is 2. The first-order valence-electron chi connectivity index (χ1n) is 8.77. The molecule has 10 heteroatoms. The Bertz CT molecular complexity index is 893. The smallest absolute Gasteiger partial charge is 0.269 e. The van der Waals surface area contributed by atoms with E-state index in [0.29, 0.717) is 24.5 Å². The summed E-state index contributed by atoms with van der Waals surface area (Å²) in [5.41, 5.74) is 1.87. The predicted octanol–water partition coefficient (Wildman–Crippen LogP) is 0.405. The summed E-state index contributed by atoms with van der Waals surface area (Å²) in [6.45, 7) is 2.36. The number of hydrogen-bond acceptors (Lipinski definition) is 7. The number of pyridine rings is 1. The van der Waals surface area contributed by atoms with Crippen molar-refractivity contribution in [2.24, 2.45) is 0 Å². The monoisotopic (exact) mass is 404 g/mol. The van der Waals surface area contributed by atoms with Crippen LogP contribution in [-0.4, -0.2) is 69.6 Å². The second-order valence-electron chi connectivity index (χ2n) is 6.41. The number of carbonyl (C=O) groups is 2. The zero-order valence-electron chi connectivity index (χ0n) is 15.5. The van der Waals surface area contributed by atoms with Crippen LogP contribution in [0, 0.1) is 0 Å².